The highest BCUT2D eigenvalue weighted by atomic mass is 16.5. The van der Waals surface area contributed by atoms with Gasteiger partial charge in [-0.05, 0) is 73.8 Å². The molecular weight excluding hydrogens is 388 g/mol. The van der Waals surface area contributed by atoms with E-state index in [-0.39, 0.29) is 0 Å². The zero-order valence-corrected chi connectivity index (χ0v) is 18.4. The highest BCUT2D eigenvalue weighted by Crippen LogP contribution is 2.22. The zero-order valence-electron chi connectivity index (χ0n) is 18.4. The van der Waals surface area contributed by atoms with Gasteiger partial charge in [-0.25, -0.2) is 0 Å². The summed E-state index contributed by atoms with van der Waals surface area (Å²) >= 11 is 0. The molecule has 7 nitrogen and oxygen atoms in total. The molecule has 0 unspecified atom stereocenters. The normalized spacial score (nSPS) is 14.7. The van der Waals surface area contributed by atoms with Gasteiger partial charge in [0.15, 0.2) is 0 Å². The van der Waals surface area contributed by atoms with Crippen molar-refractivity contribution in [3.63, 3.8) is 0 Å². The molecule has 1 aliphatic heterocycles. The standard InChI is InChI=1S/C24H32N6O/c1-18(2)19-6-10-21(11-7-19)30-23(25)27-24(28-30)26-20-8-12-22(13-9-20)31-17-16-29-14-4-3-5-15-29/h6-13,18H,3-5,14-17H2,1-2H3,(H3,25,26,27,28). The van der Waals surface area contributed by atoms with E-state index in [9.17, 15) is 0 Å². The minimum atomic E-state index is 0.345. The van der Waals surface area contributed by atoms with Gasteiger partial charge in [0.1, 0.15) is 12.4 Å². The summed E-state index contributed by atoms with van der Waals surface area (Å²) < 4.78 is 7.54. The molecule has 0 atom stereocenters. The first-order valence-corrected chi connectivity index (χ1v) is 11.1. The molecule has 7 heteroatoms. The van der Waals surface area contributed by atoms with Crippen molar-refractivity contribution in [2.45, 2.75) is 39.0 Å². The molecule has 0 spiro atoms. The number of likely N-dealkylation sites (tertiary alicyclic amines) is 1. The molecule has 1 saturated heterocycles. The van der Waals surface area contributed by atoms with E-state index >= 15 is 0 Å². The number of anilines is 3. The van der Waals surface area contributed by atoms with Crippen molar-refractivity contribution in [3.05, 3.63) is 54.1 Å². The molecule has 2 heterocycles. The summed E-state index contributed by atoms with van der Waals surface area (Å²) in [6.45, 7) is 8.43. The molecule has 2 aromatic carbocycles. The molecule has 3 N–H and O–H groups in total. The first kappa shape index (κ1) is 21.2. The summed E-state index contributed by atoms with van der Waals surface area (Å²) in [6, 6.07) is 16.1. The van der Waals surface area contributed by atoms with Crippen LogP contribution in [0.15, 0.2) is 48.5 Å². The van der Waals surface area contributed by atoms with Crippen LogP contribution in [0.5, 0.6) is 5.75 Å². The Morgan fingerprint density at radius 2 is 1.71 bits per heavy atom. The van der Waals surface area contributed by atoms with Crippen molar-refractivity contribution in [3.8, 4) is 11.4 Å². The van der Waals surface area contributed by atoms with Crippen LogP contribution in [0.25, 0.3) is 5.69 Å². The second-order valence-corrected chi connectivity index (χ2v) is 8.35. The average Bonchev–Trinajstić information content (AvgIpc) is 3.15. The predicted octanol–water partition coefficient (Wildman–Crippen LogP) is 4.58. The smallest absolute Gasteiger partial charge is 0.248 e. The molecule has 1 aliphatic rings. The van der Waals surface area contributed by atoms with Crippen LogP contribution in [0.1, 0.15) is 44.6 Å². The Labute approximate surface area is 184 Å². The summed E-state index contributed by atoms with van der Waals surface area (Å²) in [7, 11) is 0. The van der Waals surface area contributed by atoms with Gasteiger partial charge in [-0.3, -0.25) is 4.90 Å². The number of piperidine rings is 1. The Morgan fingerprint density at radius 1 is 1.00 bits per heavy atom. The molecule has 0 amide bonds. The maximum atomic E-state index is 6.09. The molecule has 1 aromatic heterocycles. The number of ether oxygens (including phenoxy) is 1. The van der Waals surface area contributed by atoms with Crippen LogP contribution >= 0.6 is 0 Å². The van der Waals surface area contributed by atoms with Crippen molar-refractivity contribution in [1.29, 1.82) is 0 Å². The first-order chi connectivity index (χ1) is 15.1. The highest BCUT2D eigenvalue weighted by molar-refractivity contribution is 5.56. The van der Waals surface area contributed by atoms with E-state index in [1.54, 1.807) is 4.68 Å². The molecule has 164 valence electrons. The minimum Gasteiger partial charge on any atom is -0.492 e. The van der Waals surface area contributed by atoms with Gasteiger partial charge < -0.3 is 15.8 Å². The Bertz CT molecular complexity index is 959. The van der Waals surface area contributed by atoms with Gasteiger partial charge in [0, 0.05) is 12.2 Å². The quantitative estimate of drug-likeness (QED) is 0.555. The van der Waals surface area contributed by atoms with Crippen molar-refractivity contribution < 1.29 is 4.74 Å². The SMILES string of the molecule is CC(C)c1ccc(-n2nc(Nc3ccc(OCCN4CCCCC4)cc3)nc2N)cc1. The average molecular weight is 421 g/mol. The van der Waals surface area contributed by atoms with Crippen LogP contribution in [0.4, 0.5) is 17.6 Å². The van der Waals surface area contributed by atoms with Gasteiger partial charge in [0.2, 0.25) is 11.9 Å². The predicted molar refractivity (Wildman–Crippen MR) is 125 cm³/mol. The Morgan fingerprint density at radius 3 is 2.39 bits per heavy atom. The fourth-order valence-corrected chi connectivity index (χ4v) is 3.81. The third-order valence-corrected chi connectivity index (χ3v) is 5.67. The first-order valence-electron chi connectivity index (χ1n) is 11.1. The molecule has 0 aliphatic carbocycles. The van der Waals surface area contributed by atoms with Gasteiger partial charge in [0.25, 0.3) is 0 Å². The highest BCUT2D eigenvalue weighted by Gasteiger charge is 2.11. The Kier molecular flexibility index (Phi) is 6.72. The van der Waals surface area contributed by atoms with Crippen LogP contribution in [-0.2, 0) is 0 Å². The monoisotopic (exact) mass is 420 g/mol. The van der Waals surface area contributed by atoms with Crippen LogP contribution in [0.3, 0.4) is 0 Å². The van der Waals surface area contributed by atoms with E-state index < -0.39 is 0 Å². The van der Waals surface area contributed by atoms with Crippen molar-refractivity contribution in [2.24, 2.45) is 0 Å². The van der Waals surface area contributed by atoms with Crippen LogP contribution in [-0.4, -0.2) is 45.9 Å². The number of nitrogens with one attached hydrogen (secondary N) is 1. The lowest BCUT2D eigenvalue weighted by atomic mass is 10.0. The fourth-order valence-electron chi connectivity index (χ4n) is 3.81. The molecule has 0 bridgehead atoms. The van der Waals surface area contributed by atoms with Gasteiger partial charge in [-0.1, -0.05) is 32.4 Å². The van der Waals surface area contributed by atoms with E-state index in [0.29, 0.717) is 24.4 Å². The van der Waals surface area contributed by atoms with E-state index in [0.717, 1.165) is 23.7 Å². The third-order valence-electron chi connectivity index (χ3n) is 5.67. The lowest BCUT2D eigenvalue weighted by Crippen LogP contribution is -2.33. The van der Waals surface area contributed by atoms with Crippen molar-refractivity contribution in [2.75, 3.05) is 37.3 Å². The summed E-state index contributed by atoms with van der Waals surface area (Å²) in [6.07, 6.45) is 3.96. The molecule has 1 fully saturated rings. The summed E-state index contributed by atoms with van der Waals surface area (Å²) in [5.41, 5.74) is 9.14. The summed E-state index contributed by atoms with van der Waals surface area (Å²) in [5.74, 6) is 2.16. The molecule has 0 saturated carbocycles. The van der Waals surface area contributed by atoms with Gasteiger partial charge >= 0.3 is 0 Å². The number of hydrogen-bond acceptors (Lipinski definition) is 6. The molecule has 3 aromatic rings. The van der Waals surface area contributed by atoms with Crippen LogP contribution in [0.2, 0.25) is 0 Å². The number of hydrogen-bond donors (Lipinski definition) is 2. The van der Waals surface area contributed by atoms with E-state index in [4.69, 9.17) is 10.5 Å². The maximum absolute atomic E-state index is 6.09. The number of nitrogens with zero attached hydrogens (tertiary/aromatic N) is 4. The number of rotatable bonds is 8. The summed E-state index contributed by atoms with van der Waals surface area (Å²) in [5, 5.41) is 7.72. The van der Waals surface area contributed by atoms with Crippen molar-refractivity contribution in [1.82, 2.24) is 19.7 Å². The maximum Gasteiger partial charge on any atom is 0.248 e. The molecular formula is C24H32N6O. The van der Waals surface area contributed by atoms with Crippen molar-refractivity contribution >= 4 is 17.6 Å². The van der Waals surface area contributed by atoms with E-state index in [2.05, 4.69) is 46.3 Å². The number of nitrogens with two attached hydrogens (primary N) is 1. The number of nitrogen functional groups attached to an aromatic ring is 1. The summed E-state index contributed by atoms with van der Waals surface area (Å²) in [4.78, 5) is 6.82. The topological polar surface area (TPSA) is 81.2 Å². The molecule has 0 radical (unpaired) electrons. The largest absolute Gasteiger partial charge is 0.492 e. The van der Waals surface area contributed by atoms with Crippen LogP contribution < -0.4 is 15.8 Å². The zero-order chi connectivity index (χ0) is 21.6. The Balaban J connectivity index is 1.33. The van der Waals surface area contributed by atoms with Gasteiger partial charge in [-0.2, -0.15) is 9.67 Å². The molecule has 4 rings (SSSR count). The number of aromatic nitrogens is 3. The fraction of sp³-hybridized carbons (Fsp3) is 0.417. The lowest BCUT2D eigenvalue weighted by molar-refractivity contribution is 0.183. The van der Waals surface area contributed by atoms with Crippen LogP contribution in [0, 0.1) is 0 Å². The lowest BCUT2D eigenvalue weighted by Gasteiger charge is -2.26. The Hall–Kier alpha value is -3.06. The van der Waals surface area contributed by atoms with Gasteiger partial charge in [-0.15, -0.1) is 5.10 Å². The second kappa shape index (κ2) is 9.83. The van der Waals surface area contributed by atoms with Gasteiger partial charge in [0.05, 0.1) is 5.69 Å². The number of benzene rings is 2. The molecule has 31 heavy (non-hydrogen) atoms. The second-order valence-electron chi connectivity index (χ2n) is 8.35. The third kappa shape index (κ3) is 5.55. The van der Waals surface area contributed by atoms with E-state index in [1.165, 1.54) is 37.9 Å². The van der Waals surface area contributed by atoms with E-state index in [1.807, 2.05) is 36.4 Å². The minimum absolute atomic E-state index is 0.345.